The van der Waals surface area contributed by atoms with Gasteiger partial charge in [-0.25, -0.2) is 0 Å². The molecule has 152 valence electrons. The van der Waals surface area contributed by atoms with Gasteiger partial charge in [-0.15, -0.1) is 0 Å². The van der Waals surface area contributed by atoms with Gasteiger partial charge in [0.25, 0.3) is 5.88 Å². The predicted molar refractivity (Wildman–Crippen MR) is 112 cm³/mol. The van der Waals surface area contributed by atoms with Crippen LogP contribution in [0.3, 0.4) is 0 Å². The fourth-order valence-corrected chi connectivity index (χ4v) is 4.39. The van der Waals surface area contributed by atoms with E-state index < -0.39 is 6.10 Å². The molecule has 3 aromatic rings. The van der Waals surface area contributed by atoms with Crippen molar-refractivity contribution in [1.29, 1.82) is 0 Å². The molecule has 0 aliphatic carbocycles. The minimum absolute atomic E-state index is 0.395. The molecule has 0 amide bonds. The van der Waals surface area contributed by atoms with Crippen LogP contribution in [0.4, 0.5) is 0 Å². The highest BCUT2D eigenvalue weighted by Gasteiger charge is 2.30. The average molecular weight is 392 g/mol. The summed E-state index contributed by atoms with van der Waals surface area (Å²) in [5, 5.41) is 14.3. The normalized spacial score (nSPS) is 16.8. The highest BCUT2D eigenvalue weighted by Crippen LogP contribution is 2.38. The summed E-state index contributed by atoms with van der Waals surface area (Å²) in [7, 11) is 1.54. The Morgan fingerprint density at radius 2 is 1.62 bits per heavy atom. The van der Waals surface area contributed by atoms with Crippen molar-refractivity contribution in [2.45, 2.75) is 24.9 Å². The number of aromatic nitrogens is 1. The molecule has 2 aromatic carbocycles. The number of hydrogen-bond acceptors (Lipinski definition) is 5. The maximum Gasteiger partial charge on any atom is 0.254 e. The molecule has 0 radical (unpaired) electrons. The topological polar surface area (TPSA) is 58.7 Å². The number of nitrogens with zero attached hydrogens (tertiary/aromatic N) is 2. The quantitative estimate of drug-likeness (QED) is 0.651. The number of likely N-dealkylation sites (tertiary alicyclic amines) is 1. The highest BCUT2D eigenvalue weighted by molar-refractivity contribution is 5.33. The Morgan fingerprint density at radius 1 is 1.03 bits per heavy atom. The van der Waals surface area contributed by atoms with E-state index in [1.54, 1.807) is 6.07 Å². The smallest absolute Gasteiger partial charge is 0.254 e. The van der Waals surface area contributed by atoms with Crippen LogP contribution in [-0.4, -0.2) is 41.9 Å². The molecule has 2 heterocycles. The van der Waals surface area contributed by atoms with Crippen LogP contribution < -0.4 is 4.74 Å². The maximum atomic E-state index is 10.5. The molecule has 1 fully saturated rings. The van der Waals surface area contributed by atoms with Crippen molar-refractivity contribution in [3.63, 3.8) is 0 Å². The summed E-state index contributed by atoms with van der Waals surface area (Å²) < 4.78 is 10.2. The molecule has 5 nitrogen and oxygen atoms in total. The number of aliphatic hydroxyl groups is 1. The Morgan fingerprint density at radius 3 is 2.14 bits per heavy atom. The first-order valence-electron chi connectivity index (χ1n) is 10.3. The van der Waals surface area contributed by atoms with E-state index in [1.165, 1.54) is 18.2 Å². The highest BCUT2D eigenvalue weighted by atomic mass is 16.5. The number of aliphatic hydroxyl groups excluding tert-OH is 1. The van der Waals surface area contributed by atoms with Crippen molar-refractivity contribution >= 4 is 0 Å². The fourth-order valence-electron chi connectivity index (χ4n) is 4.39. The molecule has 4 rings (SSSR count). The van der Waals surface area contributed by atoms with Crippen LogP contribution in [0.5, 0.6) is 5.88 Å². The molecular formula is C24H28N2O3. The first kappa shape index (κ1) is 19.7. The molecule has 1 N–H and O–H groups in total. The number of hydrogen-bond donors (Lipinski definition) is 1. The zero-order chi connectivity index (χ0) is 20.1. The van der Waals surface area contributed by atoms with Crippen LogP contribution in [0.2, 0.25) is 0 Å². The van der Waals surface area contributed by atoms with Crippen LogP contribution in [0.25, 0.3) is 0 Å². The number of ether oxygens (including phenoxy) is 1. The lowest BCUT2D eigenvalue weighted by Gasteiger charge is -2.37. The Kier molecular flexibility index (Phi) is 6.27. The van der Waals surface area contributed by atoms with E-state index >= 15 is 0 Å². The van der Waals surface area contributed by atoms with E-state index in [0.29, 0.717) is 30.0 Å². The number of β-amino-alcohol motifs (C(OH)–C–C–N with tert-alkyl or cyclic N) is 1. The minimum atomic E-state index is -0.693. The SMILES string of the molecule is COc1cc(C(O)CN2CCC(C(c3ccccc3)c3ccccc3)CC2)on1. The lowest BCUT2D eigenvalue weighted by molar-refractivity contribution is 0.0689. The summed E-state index contributed by atoms with van der Waals surface area (Å²) in [5.74, 6) is 1.84. The molecule has 0 spiro atoms. The van der Waals surface area contributed by atoms with Crippen molar-refractivity contribution in [3.8, 4) is 5.88 Å². The standard InChI is InChI=1S/C24H28N2O3/c1-28-23-16-22(29-25-23)21(27)17-26-14-12-20(13-15-26)24(18-8-4-2-5-9-18)19-10-6-3-7-11-19/h2-11,16,20-21,24,27H,12-15,17H2,1H3. The molecule has 29 heavy (non-hydrogen) atoms. The van der Waals surface area contributed by atoms with Gasteiger partial charge in [-0.1, -0.05) is 60.7 Å². The van der Waals surface area contributed by atoms with Crippen LogP contribution >= 0.6 is 0 Å². The zero-order valence-corrected chi connectivity index (χ0v) is 16.8. The van der Waals surface area contributed by atoms with Gasteiger partial charge in [-0.2, -0.15) is 0 Å². The minimum Gasteiger partial charge on any atom is -0.479 e. The summed E-state index contributed by atoms with van der Waals surface area (Å²) in [6, 6.07) is 23.3. The van der Waals surface area contributed by atoms with Gasteiger partial charge < -0.3 is 19.3 Å². The summed E-state index contributed by atoms with van der Waals surface area (Å²) >= 11 is 0. The molecule has 5 heteroatoms. The van der Waals surface area contributed by atoms with E-state index in [0.717, 1.165) is 25.9 Å². The van der Waals surface area contributed by atoms with E-state index in [-0.39, 0.29) is 0 Å². The Bertz CT molecular complexity index is 834. The lowest BCUT2D eigenvalue weighted by Crippen LogP contribution is -2.38. The Labute approximate surface area is 171 Å². The molecule has 1 aliphatic rings. The average Bonchev–Trinajstić information content (AvgIpc) is 3.26. The van der Waals surface area contributed by atoms with E-state index in [1.807, 2.05) is 0 Å². The molecule has 0 bridgehead atoms. The van der Waals surface area contributed by atoms with E-state index in [4.69, 9.17) is 9.26 Å². The van der Waals surface area contributed by atoms with Gasteiger partial charge in [0.15, 0.2) is 5.76 Å². The summed E-state index contributed by atoms with van der Waals surface area (Å²) in [5.41, 5.74) is 2.76. The van der Waals surface area contributed by atoms with Gasteiger partial charge in [0.1, 0.15) is 6.10 Å². The summed E-state index contributed by atoms with van der Waals surface area (Å²) in [6.45, 7) is 2.47. The molecule has 1 aromatic heterocycles. The number of benzene rings is 2. The number of methoxy groups -OCH3 is 1. The number of piperidine rings is 1. The molecule has 0 saturated carbocycles. The predicted octanol–water partition coefficient (Wildman–Crippen LogP) is 4.26. The van der Waals surface area contributed by atoms with Crippen molar-refractivity contribution in [3.05, 3.63) is 83.6 Å². The molecule has 1 aliphatic heterocycles. The van der Waals surface area contributed by atoms with Crippen LogP contribution in [0.15, 0.2) is 71.3 Å². The van der Waals surface area contributed by atoms with Gasteiger partial charge >= 0.3 is 0 Å². The molecule has 1 unspecified atom stereocenters. The number of rotatable bonds is 7. The zero-order valence-electron chi connectivity index (χ0n) is 16.8. The van der Waals surface area contributed by atoms with Crippen LogP contribution in [0.1, 0.15) is 41.8 Å². The van der Waals surface area contributed by atoms with E-state index in [9.17, 15) is 5.11 Å². The third-order valence-corrected chi connectivity index (χ3v) is 5.90. The third kappa shape index (κ3) is 4.69. The monoisotopic (exact) mass is 392 g/mol. The summed E-state index contributed by atoms with van der Waals surface area (Å²) in [4.78, 5) is 2.31. The maximum absolute atomic E-state index is 10.5. The first-order valence-corrected chi connectivity index (χ1v) is 10.3. The third-order valence-electron chi connectivity index (χ3n) is 5.90. The van der Waals surface area contributed by atoms with Gasteiger partial charge in [0.2, 0.25) is 0 Å². The second-order valence-electron chi connectivity index (χ2n) is 7.72. The Hall–Kier alpha value is -2.63. The first-order chi connectivity index (χ1) is 14.2. The second-order valence-corrected chi connectivity index (χ2v) is 7.72. The molecular weight excluding hydrogens is 364 g/mol. The fraction of sp³-hybridized carbons (Fsp3) is 0.375. The Balaban J connectivity index is 1.41. The van der Waals surface area contributed by atoms with Gasteiger partial charge in [0.05, 0.1) is 7.11 Å². The van der Waals surface area contributed by atoms with Crippen LogP contribution in [0, 0.1) is 5.92 Å². The lowest BCUT2D eigenvalue weighted by atomic mass is 9.76. The van der Waals surface area contributed by atoms with E-state index in [2.05, 4.69) is 70.7 Å². The molecule has 1 saturated heterocycles. The van der Waals surface area contributed by atoms with Gasteiger partial charge in [-0.05, 0) is 48.1 Å². The largest absolute Gasteiger partial charge is 0.479 e. The molecule has 1 atom stereocenters. The van der Waals surface area contributed by atoms with Crippen molar-refractivity contribution in [2.75, 3.05) is 26.7 Å². The van der Waals surface area contributed by atoms with Gasteiger partial charge in [0, 0.05) is 18.5 Å². The van der Waals surface area contributed by atoms with Crippen LogP contribution in [-0.2, 0) is 0 Å². The van der Waals surface area contributed by atoms with Gasteiger partial charge in [-0.3, -0.25) is 0 Å². The van der Waals surface area contributed by atoms with Crippen molar-refractivity contribution in [1.82, 2.24) is 10.1 Å². The summed E-state index contributed by atoms with van der Waals surface area (Å²) in [6.07, 6.45) is 1.50. The van der Waals surface area contributed by atoms with Crippen molar-refractivity contribution in [2.24, 2.45) is 5.92 Å². The second kappa shape index (κ2) is 9.25. The van der Waals surface area contributed by atoms with Crippen molar-refractivity contribution < 1.29 is 14.4 Å².